The molecule has 0 unspecified atom stereocenters. The first-order valence-corrected chi connectivity index (χ1v) is 8.59. The summed E-state index contributed by atoms with van der Waals surface area (Å²) in [4.78, 5) is 12.7. The van der Waals surface area contributed by atoms with Crippen molar-refractivity contribution >= 4 is 5.91 Å². The van der Waals surface area contributed by atoms with Crippen molar-refractivity contribution < 1.29 is 19.0 Å². The Balaban J connectivity index is 1.66. The second kappa shape index (κ2) is 6.27. The molecule has 6 nitrogen and oxygen atoms in total. The van der Waals surface area contributed by atoms with Crippen molar-refractivity contribution in [3.8, 4) is 11.5 Å². The van der Waals surface area contributed by atoms with E-state index >= 15 is 0 Å². The molecule has 1 aromatic carbocycles. The van der Waals surface area contributed by atoms with Gasteiger partial charge in [-0.2, -0.15) is 4.73 Å². The van der Waals surface area contributed by atoms with Crippen molar-refractivity contribution in [2.45, 2.75) is 31.2 Å². The first kappa shape index (κ1) is 15.7. The predicted molar refractivity (Wildman–Crippen MR) is 90.4 cm³/mol. The predicted octanol–water partition coefficient (Wildman–Crippen LogP) is 2.29. The highest BCUT2D eigenvalue weighted by atomic mass is 16.6. The molecule has 6 heteroatoms. The lowest BCUT2D eigenvalue weighted by Gasteiger charge is -2.31. The van der Waals surface area contributed by atoms with Crippen LogP contribution in [0.2, 0.25) is 0 Å². The Kier molecular flexibility index (Phi) is 3.95. The molecule has 2 heterocycles. The zero-order valence-electron chi connectivity index (χ0n) is 13.9. The van der Waals surface area contributed by atoms with Gasteiger partial charge < -0.3 is 20.0 Å². The van der Waals surface area contributed by atoms with Crippen molar-refractivity contribution in [3.05, 3.63) is 59.1 Å². The zero-order chi connectivity index (χ0) is 17.3. The molecule has 0 atom stereocenters. The molecular weight excluding hydrogens is 320 g/mol. The van der Waals surface area contributed by atoms with Gasteiger partial charge in [0.25, 0.3) is 5.69 Å². The Labute approximate surface area is 146 Å². The topological polar surface area (TPSA) is 74.5 Å². The Morgan fingerprint density at radius 1 is 1.08 bits per heavy atom. The number of benzene rings is 1. The van der Waals surface area contributed by atoms with Crippen LogP contribution in [0.25, 0.3) is 0 Å². The number of aromatic nitrogens is 1. The van der Waals surface area contributed by atoms with Gasteiger partial charge in [0.1, 0.15) is 13.2 Å². The molecule has 0 saturated heterocycles. The van der Waals surface area contributed by atoms with Gasteiger partial charge in [0.05, 0.1) is 5.54 Å². The van der Waals surface area contributed by atoms with Crippen molar-refractivity contribution in [2.75, 3.05) is 13.2 Å². The van der Waals surface area contributed by atoms with Gasteiger partial charge in [-0.15, -0.1) is 0 Å². The van der Waals surface area contributed by atoms with E-state index in [4.69, 9.17) is 9.47 Å². The van der Waals surface area contributed by atoms with Crippen molar-refractivity contribution in [2.24, 2.45) is 0 Å². The molecule has 1 amide bonds. The summed E-state index contributed by atoms with van der Waals surface area (Å²) in [6.07, 6.45) is 5.07. The maximum absolute atomic E-state index is 12.7. The van der Waals surface area contributed by atoms with E-state index in [9.17, 15) is 10.0 Å². The standard InChI is InChI=1S/C19H20N2O4/c22-18(15-5-1-4-10-21(15)23)20-19(8-2-3-9-19)14-6-7-16-17(13-14)25-12-11-24-16/h1,4-7,10,13H,2-3,8-9,11-12H2,(H,20,22). The molecule has 0 bridgehead atoms. The average molecular weight is 340 g/mol. The van der Waals surface area contributed by atoms with Crippen molar-refractivity contribution in [1.29, 1.82) is 0 Å². The van der Waals surface area contributed by atoms with Crippen LogP contribution in [0.5, 0.6) is 11.5 Å². The fourth-order valence-electron chi connectivity index (χ4n) is 3.69. The molecule has 1 saturated carbocycles. The average Bonchev–Trinajstić information content (AvgIpc) is 3.11. The van der Waals surface area contributed by atoms with E-state index in [1.807, 2.05) is 18.2 Å². The van der Waals surface area contributed by atoms with E-state index < -0.39 is 5.54 Å². The molecule has 130 valence electrons. The van der Waals surface area contributed by atoms with Crippen LogP contribution < -0.4 is 19.5 Å². The molecule has 1 aromatic heterocycles. The molecule has 1 aliphatic carbocycles. The molecule has 2 aromatic rings. The number of hydrogen-bond donors (Lipinski definition) is 1. The first-order valence-electron chi connectivity index (χ1n) is 8.59. The fourth-order valence-corrected chi connectivity index (χ4v) is 3.69. The number of rotatable bonds is 3. The number of fused-ring (bicyclic) bond motifs is 1. The maximum Gasteiger partial charge on any atom is 0.318 e. The van der Waals surface area contributed by atoms with E-state index in [1.54, 1.807) is 12.1 Å². The number of nitrogens with zero attached hydrogens (tertiary/aromatic N) is 1. The number of nitrogens with one attached hydrogen (secondary N) is 1. The van der Waals surface area contributed by atoms with Gasteiger partial charge in [-0.1, -0.05) is 18.9 Å². The summed E-state index contributed by atoms with van der Waals surface area (Å²) in [5.41, 5.74) is 0.623. The molecular formula is C19H20N2O4. The number of pyridine rings is 1. The smallest absolute Gasteiger partial charge is 0.318 e. The summed E-state index contributed by atoms with van der Waals surface area (Å²) < 4.78 is 11.9. The van der Waals surface area contributed by atoms with Crippen LogP contribution in [-0.4, -0.2) is 19.1 Å². The van der Waals surface area contributed by atoms with Crippen molar-refractivity contribution in [1.82, 2.24) is 5.32 Å². The quantitative estimate of drug-likeness (QED) is 0.687. The number of carbonyl (C=O) groups excluding carboxylic acids is 1. The Hall–Kier alpha value is -2.76. The van der Waals surface area contributed by atoms with Gasteiger partial charge in [-0.3, -0.25) is 4.79 Å². The van der Waals surface area contributed by atoms with E-state index in [0.717, 1.165) is 37.0 Å². The van der Waals surface area contributed by atoms with Gasteiger partial charge in [0.2, 0.25) is 0 Å². The van der Waals surface area contributed by atoms with E-state index in [-0.39, 0.29) is 11.6 Å². The maximum atomic E-state index is 12.7. The van der Waals surface area contributed by atoms with E-state index in [2.05, 4.69) is 5.32 Å². The molecule has 0 spiro atoms. The van der Waals surface area contributed by atoms with Crippen LogP contribution >= 0.6 is 0 Å². The van der Waals surface area contributed by atoms with Gasteiger partial charge in [0, 0.05) is 12.1 Å². The van der Waals surface area contributed by atoms with Crippen LogP contribution in [0.4, 0.5) is 0 Å². The zero-order valence-corrected chi connectivity index (χ0v) is 13.9. The Morgan fingerprint density at radius 2 is 1.84 bits per heavy atom. The highest BCUT2D eigenvalue weighted by Crippen LogP contribution is 2.42. The molecule has 1 fully saturated rings. The molecule has 0 radical (unpaired) electrons. The first-order chi connectivity index (χ1) is 12.2. The summed E-state index contributed by atoms with van der Waals surface area (Å²) in [5.74, 6) is 1.09. The van der Waals surface area contributed by atoms with Crippen LogP contribution in [0.15, 0.2) is 42.6 Å². The summed E-state index contributed by atoms with van der Waals surface area (Å²) >= 11 is 0. The van der Waals surface area contributed by atoms with Gasteiger partial charge in [0.15, 0.2) is 17.7 Å². The molecule has 2 aliphatic rings. The summed E-state index contributed by atoms with van der Waals surface area (Å²) in [5, 5.41) is 15.0. The number of ether oxygens (including phenoxy) is 2. The van der Waals surface area contributed by atoms with Gasteiger partial charge in [-0.25, -0.2) is 0 Å². The number of amides is 1. The molecule has 4 rings (SSSR count). The Bertz CT molecular complexity index is 800. The lowest BCUT2D eigenvalue weighted by atomic mass is 9.87. The highest BCUT2D eigenvalue weighted by molar-refractivity contribution is 5.91. The molecule has 25 heavy (non-hydrogen) atoms. The highest BCUT2D eigenvalue weighted by Gasteiger charge is 2.39. The minimum atomic E-state index is -0.476. The third-order valence-electron chi connectivity index (χ3n) is 4.96. The van der Waals surface area contributed by atoms with Gasteiger partial charge in [-0.05, 0) is 36.6 Å². The van der Waals surface area contributed by atoms with E-state index in [1.165, 1.54) is 12.3 Å². The largest absolute Gasteiger partial charge is 0.618 e. The SMILES string of the molecule is O=C(NC1(c2ccc3c(c2)OCCO3)CCCC1)c1cccc[n+]1[O-]. The Morgan fingerprint density at radius 3 is 2.60 bits per heavy atom. The third-order valence-corrected chi connectivity index (χ3v) is 4.96. The lowest BCUT2D eigenvalue weighted by Crippen LogP contribution is -2.48. The number of carbonyl (C=O) groups is 1. The second-order valence-corrected chi connectivity index (χ2v) is 6.51. The van der Waals surface area contributed by atoms with Crippen LogP contribution in [0.3, 0.4) is 0 Å². The van der Waals surface area contributed by atoms with Gasteiger partial charge >= 0.3 is 5.91 Å². The monoisotopic (exact) mass is 340 g/mol. The third kappa shape index (κ3) is 2.88. The summed E-state index contributed by atoms with van der Waals surface area (Å²) in [6.45, 7) is 1.07. The lowest BCUT2D eigenvalue weighted by molar-refractivity contribution is -0.607. The normalized spacial score (nSPS) is 17.9. The van der Waals surface area contributed by atoms with Crippen LogP contribution in [0, 0.1) is 5.21 Å². The molecule has 1 N–H and O–H groups in total. The van der Waals surface area contributed by atoms with Crippen molar-refractivity contribution in [3.63, 3.8) is 0 Å². The summed E-state index contributed by atoms with van der Waals surface area (Å²) in [6, 6.07) is 10.7. The van der Waals surface area contributed by atoms with Crippen LogP contribution in [-0.2, 0) is 5.54 Å². The summed E-state index contributed by atoms with van der Waals surface area (Å²) in [7, 11) is 0. The fraction of sp³-hybridized carbons (Fsp3) is 0.368. The molecule has 1 aliphatic heterocycles. The minimum Gasteiger partial charge on any atom is -0.618 e. The minimum absolute atomic E-state index is 0.103. The number of hydrogen-bond acceptors (Lipinski definition) is 4. The van der Waals surface area contributed by atoms with Crippen LogP contribution in [0.1, 0.15) is 41.7 Å². The second-order valence-electron chi connectivity index (χ2n) is 6.51. The van der Waals surface area contributed by atoms with E-state index in [0.29, 0.717) is 23.7 Å².